The average molecular weight is 343 g/mol. The first-order valence-electron chi connectivity index (χ1n) is 6.14. The lowest BCUT2D eigenvalue weighted by Crippen LogP contribution is -2.30. The first-order valence-corrected chi connectivity index (χ1v) is 8.78. The summed E-state index contributed by atoms with van der Waals surface area (Å²) in [5.74, 6) is 0. The highest BCUT2D eigenvalue weighted by Crippen LogP contribution is 2.25. The molecule has 0 atom stereocenters. The second-order valence-electron chi connectivity index (χ2n) is 4.36. The van der Waals surface area contributed by atoms with Crippen LogP contribution in [0, 0.1) is 0 Å². The van der Waals surface area contributed by atoms with E-state index >= 15 is 0 Å². The maximum Gasteiger partial charge on any atom is 0.243 e. The SMILES string of the molecule is C=CCN(Cc1ccc(Cl)s1)S(=O)(=O)c1ccc(N)cc1. The van der Waals surface area contributed by atoms with E-state index in [2.05, 4.69) is 6.58 Å². The molecule has 0 aliphatic heterocycles. The Morgan fingerprint density at radius 1 is 1.24 bits per heavy atom. The van der Waals surface area contributed by atoms with Crippen molar-refractivity contribution in [3.8, 4) is 0 Å². The average Bonchev–Trinajstić information content (AvgIpc) is 2.84. The second kappa shape index (κ2) is 6.62. The van der Waals surface area contributed by atoms with E-state index < -0.39 is 10.0 Å². The van der Waals surface area contributed by atoms with E-state index in [1.807, 2.05) is 6.07 Å². The minimum absolute atomic E-state index is 0.209. The highest BCUT2D eigenvalue weighted by atomic mass is 35.5. The van der Waals surface area contributed by atoms with Gasteiger partial charge in [-0.15, -0.1) is 17.9 Å². The standard InChI is InChI=1S/C14H15ClN2O2S2/c1-2-9-17(10-12-5-8-14(15)20-12)21(18,19)13-6-3-11(16)4-7-13/h2-8H,1,9-10,16H2. The number of benzene rings is 1. The Kier molecular flexibility index (Phi) is 5.05. The molecule has 1 heterocycles. The van der Waals surface area contributed by atoms with E-state index in [0.29, 0.717) is 10.0 Å². The summed E-state index contributed by atoms with van der Waals surface area (Å²) >= 11 is 7.25. The van der Waals surface area contributed by atoms with Crippen molar-refractivity contribution >= 4 is 38.6 Å². The normalized spacial score (nSPS) is 11.7. The first-order chi connectivity index (χ1) is 9.93. The fourth-order valence-corrected chi connectivity index (χ4v) is 4.36. The van der Waals surface area contributed by atoms with Crippen LogP contribution in [0.5, 0.6) is 0 Å². The van der Waals surface area contributed by atoms with Crippen molar-refractivity contribution in [2.75, 3.05) is 12.3 Å². The Morgan fingerprint density at radius 2 is 1.90 bits per heavy atom. The Balaban J connectivity index is 2.31. The van der Waals surface area contributed by atoms with Gasteiger partial charge < -0.3 is 5.73 Å². The summed E-state index contributed by atoms with van der Waals surface area (Å²) in [7, 11) is -3.60. The predicted molar refractivity (Wildman–Crippen MR) is 88.0 cm³/mol. The van der Waals surface area contributed by atoms with Crippen LogP contribution in [0.25, 0.3) is 0 Å². The molecule has 0 saturated heterocycles. The monoisotopic (exact) mass is 342 g/mol. The molecule has 21 heavy (non-hydrogen) atoms. The summed E-state index contributed by atoms with van der Waals surface area (Å²) in [6.45, 7) is 4.10. The predicted octanol–water partition coefficient (Wildman–Crippen LogP) is 3.36. The maximum atomic E-state index is 12.7. The minimum Gasteiger partial charge on any atom is -0.399 e. The molecule has 2 rings (SSSR count). The Morgan fingerprint density at radius 3 is 2.43 bits per heavy atom. The number of sulfonamides is 1. The van der Waals surface area contributed by atoms with Gasteiger partial charge in [-0.05, 0) is 36.4 Å². The quantitative estimate of drug-likeness (QED) is 0.646. The van der Waals surface area contributed by atoms with Crippen LogP contribution in [0.1, 0.15) is 4.88 Å². The van der Waals surface area contributed by atoms with Crippen LogP contribution in [-0.4, -0.2) is 19.3 Å². The van der Waals surface area contributed by atoms with Gasteiger partial charge in [0.05, 0.1) is 9.23 Å². The largest absolute Gasteiger partial charge is 0.399 e. The van der Waals surface area contributed by atoms with Crippen molar-refractivity contribution in [3.05, 3.63) is 58.3 Å². The van der Waals surface area contributed by atoms with Crippen LogP contribution in [0.15, 0.2) is 53.9 Å². The Labute approximate surface area is 133 Å². The fraction of sp³-hybridized carbons (Fsp3) is 0.143. The smallest absolute Gasteiger partial charge is 0.243 e. The summed E-state index contributed by atoms with van der Waals surface area (Å²) in [6, 6.07) is 9.72. The van der Waals surface area contributed by atoms with Crippen molar-refractivity contribution in [1.82, 2.24) is 4.31 Å². The number of thiophene rings is 1. The van der Waals surface area contributed by atoms with Crippen LogP contribution in [-0.2, 0) is 16.6 Å². The van der Waals surface area contributed by atoms with Gasteiger partial charge in [0.1, 0.15) is 0 Å². The van der Waals surface area contributed by atoms with Crippen LogP contribution in [0.2, 0.25) is 4.34 Å². The van der Waals surface area contributed by atoms with Crippen LogP contribution in [0.4, 0.5) is 5.69 Å². The Hall–Kier alpha value is -1.34. The summed E-state index contributed by atoms with van der Waals surface area (Å²) in [5, 5.41) is 0. The van der Waals surface area contributed by atoms with Gasteiger partial charge in [-0.1, -0.05) is 17.7 Å². The molecule has 0 aliphatic carbocycles. The van der Waals surface area contributed by atoms with Crippen molar-refractivity contribution in [3.63, 3.8) is 0 Å². The minimum atomic E-state index is -3.60. The van der Waals surface area contributed by atoms with E-state index in [1.165, 1.54) is 27.8 Å². The summed E-state index contributed by atoms with van der Waals surface area (Å²) in [4.78, 5) is 1.09. The van der Waals surface area contributed by atoms with Gasteiger partial charge in [-0.3, -0.25) is 0 Å². The zero-order valence-electron chi connectivity index (χ0n) is 11.2. The summed E-state index contributed by atoms with van der Waals surface area (Å²) < 4.78 is 27.3. The first kappa shape index (κ1) is 16.0. The van der Waals surface area contributed by atoms with Crippen molar-refractivity contribution in [2.24, 2.45) is 0 Å². The van der Waals surface area contributed by atoms with Gasteiger partial charge in [0.2, 0.25) is 10.0 Å². The van der Waals surface area contributed by atoms with Crippen molar-refractivity contribution in [1.29, 1.82) is 0 Å². The Bertz CT molecular complexity index is 724. The highest BCUT2D eigenvalue weighted by Gasteiger charge is 2.24. The van der Waals surface area contributed by atoms with Gasteiger partial charge in [0, 0.05) is 23.7 Å². The number of hydrogen-bond acceptors (Lipinski definition) is 4. The van der Waals surface area contributed by atoms with Gasteiger partial charge in [-0.25, -0.2) is 8.42 Å². The molecule has 0 unspecified atom stereocenters. The van der Waals surface area contributed by atoms with Gasteiger partial charge >= 0.3 is 0 Å². The van der Waals surface area contributed by atoms with E-state index in [0.717, 1.165) is 4.88 Å². The lowest BCUT2D eigenvalue weighted by molar-refractivity contribution is 0.441. The van der Waals surface area contributed by atoms with Gasteiger partial charge in [-0.2, -0.15) is 4.31 Å². The highest BCUT2D eigenvalue weighted by molar-refractivity contribution is 7.89. The van der Waals surface area contributed by atoms with E-state index in [1.54, 1.807) is 24.3 Å². The maximum absolute atomic E-state index is 12.7. The third-order valence-electron chi connectivity index (χ3n) is 2.81. The molecule has 0 saturated carbocycles. The molecule has 0 fully saturated rings. The molecule has 2 N–H and O–H groups in total. The molecule has 0 spiro atoms. The third kappa shape index (κ3) is 3.85. The van der Waals surface area contributed by atoms with Gasteiger partial charge in [0.15, 0.2) is 0 Å². The molecule has 1 aromatic carbocycles. The number of nitrogen functional groups attached to an aromatic ring is 1. The number of rotatable bonds is 6. The second-order valence-corrected chi connectivity index (χ2v) is 8.10. The molecule has 2 aromatic rings. The molecule has 112 valence electrons. The molecular formula is C14H15ClN2O2S2. The summed E-state index contributed by atoms with van der Waals surface area (Å²) in [6.07, 6.45) is 1.56. The van der Waals surface area contributed by atoms with Crippen molar-refractivity contribution in [2.45, 2.75) is 11.4 Å². The molecule has 1 aromatic heterocycles. The number of nitrogens with zero attached hydrogens (tertiary/aromatic N) is 1. The summed E-state index contributed by atoms with van der Waals surface area (Å²) in [5.41, 5.74) is 6.12. The van der Waals surface area contributed by atoms with E-state index in [-0.39, 0.29) is 18.0 Å². The fourth-order valence-electron chi connectivity index (χ4n) is 1.79. The molecule has 0 radical (unpaired) electrons. The number of nitrogens with two attached hydrogens (primary N) is 1. The molecule has 4 nitrogen and oxygen atoms in total. The topological polar surface area (TPSA) is 63.4 Å². The molecule has 0 bridgehead atoms. The van der Waals surface area contributed by atoms with Crippen LogP contribution < -0.4 is 5.73 Å². The number of halogens is 1. The van der Waals surface area contributed by atoms with E-state index in [4.69, 9.17) is 17.3 Å². The van der Waals surface area contributed by atoms with Crippen LogP contribution in [0.3, 0.4) is 0 Å². The van der Waals surface area contributed by atoms with E-state index in [9.17, 15) is 8.42 Å². The van der Waals surface area contributed by atoms with Crippen LogP contribution >= 0.6 is 22.9 Å². The lowest BCUT2D eigenvalue weighted by Gasteiger charge is -2.20. The molecule has 0 aliphatic rings. The number of anilines is 1. The lowest BCUT2D eigenvalue weighted by atomic mass is 10.3. The molecule has 7 heteroatoms. The number of hydrogen-bond donors (Lipinski definition) is 1. The third-order valence-corrected chi connectivity index (χ3v) is 5.85. The van der Waals surface area contributed by atoms with Crippen molar-refractivity contribution < 1.29 is 8.42 Å². The molecule has 0 amide bonds. The van der Waals surface area contributed by atoms with Gasteiger partial charge in [0.25, 0.3) is 0 Å². The molecular weight excluding hydrogens is 328 g/mol. The zero-order valence-corrected chi connectivity index (χ0v) is 13.6. The zero-order chi connectivity index (χ0) is 15.5.